The Morgan fingerprint density at radius 3 is 2.03 bits per heavy atom. The van der Waals surface area contributed by atoms with Crippen LogP contribution in [-0.4, -0.2) is 0 Å². The lowest BCUT2D eigenvalue weighted by atomic mass is 9.78. The van der Waals surface area contributed by atoms with Crippen LogP contribution in [0.2, 0.25) is 0 Å². The Kier molecular flexibility index (Phi) is 6.19. The van der Waals surface area contributed by atoms with E-state index in [2.05, 4.69) is 11.8 Å². The average molecular weight is 446 g/mol. The van der Waals surface area contributed by atoms with Crippen molar-refractivity contribution in [2.45, 2.75) is 44.9 Å². The summed E-state index contributed by atoms with van der Waals surface area (Å²) in [4.78, 5) is 0. The average Bonchev–Trinajstić information content (AvgIpc) is 2.76. The molecular formula is C26H20F6. The van der Waals surface area contributed by atoms with Crippen molar-refractivity contribution < 1.29 is 26.3 Å². The van der Waals surface area contributed by atoms with Crippen molar-refractivity contribution in [1.29, 1.82) is 0 Å². The fraction of sp³-hybridized carbons (Fsp3) is 0.308. The third kappa shape index (κ3) is 4.21. The molecule has 1 aliphatic carbocycles. The van der Waals surface area contributed by atoms with Gasteiger partial charge in [0.25, 0.3) is 0 Å². The van der Waals surface area contributed by atoms with Gasteiger partial charge in [0.05, 0.1) is 5.39 Å². The second kappa shape index (κ2) is 8.90. The van der Waals surface area contributed by atoms with Gasteiger partial charge in [0.2, 0.25) is 0 Å². The largest absolute Gasteiger partial charge is 0.207 e. The second-order valence-electron chi connectivity index (χ2n) is 8.19. The molecule has 6 heteroatoms. The van der Waals surface area contributed by atoms with Gasteiger partial charge in [-0.3, -0.25) is 0 Å². The molecule has 0 saturated heterocycles. The van der Waals surface area contributed by atoms with E-state index in [0.29, 0.717) is 37.7 Å². The molecule has 0 bridgehead atoms. The molecule has 32 heavy (non-hydrogen) atoms. The molecule has 0 spiro atoms. The fourth-order valence-corrected chi connectivity index (χ4v) is 4.40. The summed E-state index contributed by atoms with van der Waals surface area (Å²) >= 11 is 0. The van der Waals surface area contributed by atoms with Gasteiger partial charge in [-0.25, -0.2) is 26.3 Å². The minimum absolute atomic E-state index is 0.0484. The first kappa shape index (κ1) is 22.3. The zero-order valence-electron chi connectivity index (χ0n) is 17.3. The quantitative estimate of drug-likeness (QED) is 0.216. The lowest BCUT2D eigenvalue weighted by Crippen LogP contribution is -2.15. The molecule has 4 rings (SSSR count). The zero-order chi connectivity index (χ0) is 23.0. The van der Waals surface area contributed by atoms with E-state index in [-0.39, 0.29) is 28.3 Å². The molecule has 0 N–H and O–H groups in total. The van der Waals surface area contributed by atoms with Crippen LogP contribution >= 0.6 is 0 Å². The van der Waals surface area contributed by atoms with Crippen molar-refractivity contribution >= 4 is 10.8 Å². The summed E-state index contributed by atoms with van der Waals surface area (Å²) in [6.45, 7) is 1.84. The maximum absolute atomic E-state index is 14.4. The molecule has 0 aromatic heterocycles. The molecule has 3 aromatic rings. The molecule has 0 nitrogen and oxygen atoms in total. The van der Waals surface area contributed by atoms with E-state index in [1.807, 2.05) is 6.92 Å². The zero-order valence-corrected chi connectivity index (χ0v) is 17.3. The minimum Gasteiger partial charge on any atom is -0.207 e. The van der Waals surface area contributed by atoms with Gasteiger partial charge in [0.1, 0.15) is 17.5 Å². The van der Waals surface area contributed by atoms with Crippen molar-refractivity contribution in [1.82, 2.24) is 0 Å². The second-order valence-corrected chi connectivity index (χ2v) is 8.19. The molecule has 0 amide bonds. The SMILES string of the molecule is CCc1cc(F)c(C2CCC(C#Cc3cc(F)c4c(F)c(F)c(F)cc4c3)CC2)c(F)c1. The number of hydrogen-bond acceptors (Lipinski definition) is 0. The van der Waals surface area contributed by atoms with E-state index in [1.165, 1.54) is 18.2 Å². The summed E-state index contributed by atoms with van der Waals surface area (Å²) in [5, 5.41) is -0.732. The lowest BCUT2D eigenvalue weighted by molar-refractivity contribution is 0.366. The normalized spacial score (nSPS) is 18.5. The lowest BCUT2D eigenvalue weighted by Gasteiger charge is -2.26. The van der Waals surface area contributed by atoms with Crippen molar-refractivity contribution in [3.05, 3.63) is 81.9 Å². The van der Waals surface area contributed by atoms with Crippen LogP contribution in [-0.2, 0) is 6.42 Å². The Morgan fingerprint density at radius 1 is 0.750 bits per heavy atom. The molecule has 1 fully saturated rings. The fourth-order valence-electron chi connectivity index (χ4n) is 4.40. The highest BCUT2D eigenvalue weighted by Gasteiger charge is 2.26. The summed E-state index contributed by atoms with van der Waals surface area (Å²) in [5.74, 6) is -1.17. The van der Waals surface area contributed by atoms with Crippen molar-refractivity contribution in [3.63, 3.8) is 0 Å². The molecule has 0 heterocycles. The molecule has 0 atom stereocenters. The first-order valence-electron chi connectivity index (χ1n) is 10.5. The van der Waals surface area contributed by atoms with E-state index < -0.39 is 40.3 Å². The number of fused-ring (bicyclic) bond motifs is 1. The van der Waals surface area contributed by atoms with Crippen LogP contribution in [0, 0.1) is 52.7 Å². The molecule has 0 aliphatic heterocycles. The van der Waals surface area contributed by atoms with Crippen LogP contribution in [0.25, 0.3) is 10.8 Å². The highest BCUT2D eigenvalue weighted by molar-refractivity contribution is 5.85. The summed E-state index contributed by atoms with van der Waals surface area (Å²) < 4.78 is 83.9. The molecule has 0 unspecified atom stereocenters. The number of hydrogen-bond donors (Lipinski definition) is 0. The van der Waals surface area contributed by atoms with Crippen LogP contribution < -0.4 is 0 Å². The van der Waals surface area contributed by atoms with E-state index in [9.17, 15) is 26.3 Å². The number of halogens is 6. The van der Waals surface area contributed by atoms with Gasteiger partial charge in [-0.15, -0.1) is 0 Å². The monoisotopic (exact) mass is 446 g/mol. The van der Waals surface area contributed by atoms with Gasteiger partial charge in [-0.1, -0.05) is 18.8 Å². The summed E-state index contributed by atoms with van der Waals surface area (Å²) in [7, 11) is 0. The highest BCUT2D eigenvalue weighted by atomic mass is 19.2. The Bertz CT molecular complexity index is 1220. The number of aryl methyl sites for hydroxylation is 1. The first-order valence-corrected chi connectivity index (χ1v) is 10.5. The Hall–Kier alpha value is -2.94. The van der Waals surface area contributed by atoms with Gasteiger partial charge in [-0.2, -0.15) is 0 Å². The molecule has 3 aromatic carbocycles. The van der Waals surface area contributed by atoms with Crippen LogP contribution in [0.5, 0.6) is 0 Å². The van der Waals surface area contributed by atoms with E-state index in [0.717, 1.165) is 12.1 Å². The topological polar surface area (TPSA) is 0 Å². The van der Waals surface area contributed by atoms with E-state index >= 15 is 0 Å². The maximum atomic E-state index is 14.4. The van der Waals surface area contributed by atoms with Crippen LogP contribution in [0.1, 0.15) is 55.2 Å². The molecule has 1 saturated carbocycles. The summed E-state index contributed by atoms with van der Waals surface area (Å²) in [6, 6.07) is 5.80. The van der Waals surface area contributed by atoms with Gasteiger partial charge in [0.15, 0.2) is 17.5 Å². The third-order valence-electron chi connectivity index (χ3n) is 6.13. The van der Waals surface area contributed by atoms with Gasteiger partial charge < -0.3 is 0 Å². The van der Waals surface area contributed by atoms with Crippen molar-refractivity contribution in [2.24, 2.45) is 5.92 Å². The van der Waals surface area contributed by atoms with E-state index in [4.69, 9.17) is 0 Å². The van der Waals surface area contributed by atoms with Gasteiger partial charge in [0, 0.05) is 17.0 Å². The molecule has 166 valence electrons. The predicted molar refractivity (Wildman–Crippen MR) is 111 cm³/mol. The van der Waals surface area contributed by atoms with Gasteiger partial charge >= 0.3 is 0 Å². The predicted octanol–water partition coefficient (Wildman–Crippen LogP) is 7.56. The van der Waals surface area contributed by atoms with Gasteiger partial charge in [-0.05, 0) is 79.3 Å². The minimum atomic E-state index is -1.72. The van der Waals surface area contributed by atoms with Crippen molar-refractivity contribution in [3.8, 4) is 11.8 Å². The maximum Gasteiger partial charge on any atom is 0.195 e. The molecular weight excluding hydrogens is 426 g/mol. The number of rotatable bonds is 2. The third-order valence-corrected chi connectivity index (χ3v) is 6.13. The smallest absolute Gasteiger partial charge is 0.195 e. The van der Waals surface area contributed by atoms with Crippen LogP contribution in [0.15, 0.2) is 30.3 Å². The summed E-state index contributed by atoms with van der Waals surface area (Å²) in [6.07, 6.45) is 2.94. The van der Waals surface area contributed by atoms with E-state index in [1.54, 1.807) is 0 Å². The number of benzene rings is 3. The van der Waals surface area contributed by atoms with Crippen LogP contribution in [0.3, 0.4) is 0 Å². The Labute approximate surface area is 182 Å². The Balaban J connectivity index is 1.51. The highest BCUT2D eigenvalue weighted by Crippen LogP contribution is 2.38. The first-order chi connectivity index (χ1) is 15.3. The molecule has 0 radical (unpaired) electrons. The summed E-state index contributed by atoms with van der Waals surface area (Å²) in [5.41, 5.74) is 0.963. The van der Waals surface area contributed by atoms with Crippen molar-refractivity contribution in [2.75, 3.05) is 0 Å². The Morgan fingerprint density at radius 2 is 1.41 bits per heavy atom. The molecule has 1 aliphatic rings. The standard InChI is InChI=1S/C26H20F6/c1-2-14-10-19(27)23(20(28)11-14)17-7-5-15(6-8-17)3-4-16-9-18-13-22(30)25(31)26(32)24(18)21(29)12-16/h9-13,15,17H,2,5-8H2,1H3. The van der Waals surface area contributed by atoms with Crippen LogP contribution in [0.4, 0.5) is 26.3 Å².